The van der Waals surface area contributed by atoms with Crippen molar-refractivity contribution in [3.05, 3.63) is 29.3 Å². The van der Waals surface area contributed by atoms with Gasteiger partial charge in [-0.05, 0) is 44.9 Å². The van der Waals surface area contributed by atoms with Crippen LogP contribution in [0.25, 0.3) is 0 Å². The molecule has 0 bridgehead atoms. The third-order valence-electron chi connectivity index (χ3n) is 4.86. The molecule has 1 aromatic carbocycles. The van der Waals surface area contributed by atoms with Crippen molar-refractivity contribution in [1.82, 2.24) is 14.9 Å². The van der Waals surface area contributed by atoms with Crippen molar-refractivity contribution in [2.45, 2.75) is 33.2 Å². The molecule has 0 amide bonds. The number of sulfonamides is 1. The molecule has 0 unspecified atom stereocenters. The zero-order valence-corrected chi connectivity index (χ0v) is 18.2. The van der Waals surface area contributed by atoms with E-state index in [2.05, 4.69) is 56.9 Å². The van der Waals surface area contributed by atoms with E-state index in [1.807, 2.05) is 13.8 Å². The van der Waals surface area contributed by atoms with Gasteiger partial charge in [-0.25, -0.2) is 13.1 Å². The highest BCUT2D eigenvalue weighted by molar-refractivity contribution is 7.88. The first-order chi connectivity index (χ1) is 12.5. The Balaban J connectivity index is 1.94. The van der Waals surface area contributed by atoms with Crippen molar-refractivity contribution in [1.29, 1.82) is 0 Å². The van der Waals surface area contributed by atoms with E-state index in [0.717, 1.165) is 32.1 Å². The fraction of sp³-hybridized carbons (Fsp3) is 0.632. The lowest BCUT2D eigenvalue weighted by Gasteiger charge is -2.39. The molecule has 2 N–H and O–H groups in total. The molecule has 2 rings (SSSR count). The van der Waals surface area contributed by atoms with Crippen LogP contribution in [0.15, 0.2) is 23.2 Å². The molecular weight excluding hydrogens is 362 g/mol. The minimum Gasteiger partial charge on any atom is -0.368 e. The average Bonchev–Trinajstić information content (AvgIpc) is 2.56. The number of nitrogens with zero attached hydrogens (tertiary/aromatic N) is 3. The molecule has 1 aromatic rings. The Labute approximate surface area is 163 Å². The highest BCUT2D eigenvalue weighted by Gasteiger charge is 2.25. The Morgan fingerprint density at radius 3 is 2.37 bits per heavy atom. The minimum atomic E-state index is -3.26. The van der Waals surface area contributed by atoms with Gasteiger partial charge in [-0.2, -0.15) is 0 Å². The average molecular weight is 396 g/mol. The van der Waals surface area contributed by atoms with Gasteiger partial charge in [-0.1, -0.05) is 12.1 Å². The van der Waals surface area contributed by atoms with Crippen LogP contribution >= 0.6 is 0 Å². The minimum absolute atomic E-state index is 0.462. The number of hydrogen-bond donors (Lipinski definition) is 2. The fourth-order valence-electron chi connectivity index (χ4n) is 3.41. The molecule has 1 aliphatic rings. The zero-order valence-electron chi connectivity index (χ0n) is 17.3. The highest BCUT2D eigenvalue weighted by atomic mass is 32.2. The standard InChI is InChI=1S/C19H33N5O2S/c1-15-8-7-9-17(16(15)2)23-10-12-24(13-11-23)18(20-5)21-14-19(3,4)22-27(6,25)26/h7-9,22H,10-14H2,1-6H3,(H,20,21). The van der Waals surface area contributed by atoms with Crippen LogP contribution in [0.4, 0.5) is 5.69 Å². The van der Waals surface area contributed by atoms with E-state index in [-0.39, 0.29) is 0 Å². The summed E-state index contributed by atoms with van der Waals surface area (Å²) in [6.45, 7) is 12.1. The smallest absolute Gasteiger partial charge is 0.209 e. The predicted octanol–water partition coefficient (Wildman–Crippen LogP) is 1.33. The first-order valence-corrected chi connectivity index (χ1v) is 11.2. The first kappa shape index (κ1) is 21.5. The molecule has 1 saturated heterocycles. The van der Waals surface area contributed by atoms with Gasteiger partial charge in [0.05, 0.1) is 6.26 Å². The van der Waals surface area contributed by atoms with Crippen LogP contribution in [0.2, 0.25) is 0 Å². The number of piperazine rings is 1. The Morgan fingerprint density at radius 2 is 1.81 bits per heavy atom. The maximum absolute atomic E-state index is 11.5. The number of rotatable bonds is 5. The monoisotopic (exact) mass is 395 g/mol. The number of anilines is 1. The van der Waals surface area contributed by atoms with Crippen molar-refractivity contribution >= 4 is 21.7 Å². The summed E-state index contributed by atoms with van der Waals surface area (Å²) in [5.41, 5.74) is 3.36. The van der Waals surface area contributed by atoms with Crippen molar-refractivity contribution in [2.24, 2.45) is 4.99 Å². The van der Waals surface area contributed by atoms with Gasteiger partial charge in [0.1, 0.15) is 0 Å². The van der Waals surface area contributed by atoms with Crippen molar-refractivity contribution in [3.8, 4) is 0 Å². The number of hydrogen-bond acceptors (Lipinski definition) is 4. The van der Waals surface area contributed by atoms with Crippen LogP contribution in [0.3, 0.4) is 0 Å². The van der Waals surface area contributed by atoms with Gasteiger partial charge < -0.3 is 15.1 Å². The maximum atomic E-state index is 11.5. The topological polar surface area (TPSA) is 77.0 Å². The van der Waals surface area contributed by atoms with Gasteiger partial charge in [0.15, 0.2) is 5.96 Å². The van der Waals surface area contributed by atoms with E-state index in [0.29, 0.717) is 6.54 Å². The van der Waals surface area contributed by atoms with Crippen LogP contribution in [0.5, 0.6) is 0 Å². The van der Waals surface area contributed by atoms with Crippen molar-refractivity contribution in [3.63, 3.8) is 0 Å². The van der Waals surface area contributed by atoms with E-state index in [1.165, 1.54) is 23.1 Å². The second-order valence-corrected chi connectivity index (χ2v) is 9.60. The van der Waals surface area contributed by atoms with Crippen LogP contribution in [-0.2, 0) is 10.0 Å². The van der Waals surface area contributed by atoms with Crippen LogP contribution in [0.1, 0.15) is 25.0 Å². The molecule has 0 aromatic heterocycles. The Kier molecular flexibility index (Phi) is 6.75. The Bertz CT molecular complexity index is 781. The van der Waals surface area contributed by atoms with Gasteiger partial charge in [0.2, 0.25) is 10.0 Å². The number of benzene rings is 1. The van der Waals surface area contributed by atoms with Crippen molar-refractivity contribution < 1.29 is 8.42 Å². The molecule has 1 heterocycles. The highest BCUT2D eigenvalue weighted by Crippen LogP contribution is 2.23. The molecular formula is C19H33N5O2S. The number of guanidine groups is 1. The molecule has 7 nitrogen and oxygen atoms in total. The second-order valence-electron chi connectivity index (χ2n) is 7.85. The Hall–Kier alpha value is -1.80. The summed E-state index contributed by atoms with van der Waals surface area (Å²) < 4.78 is 25.6. The quantitative estimate of drug-likeness (QED) is 0.581. The molecule has 8 heteroatoms. The molecule has 0 atom stereocenters. The van der Waals surface area contributed by atoms with Crippen LogP contribution in [0, 0.1) is 13.8 Å². The van der Waals surface area contributed by atoms with Gasteiger partial charge in [-0.15, -0.1) is 0 Å². The molecule has 152 valence electrons. The van der Waals surface area contributed by atoms with Gasteiger partial charge in [0, 0.05) is 51.0 Å². The van der Waals surface area contributed by atoms with E-state index in [9.17, 15) is 8.42 Å². The predicted molar refractivity (Wildman–Crippen MR) is 113 cm³/mol. The first-order valence-electron chi connectivity index (χ1n) is 9.28. The molecule has 0 radical (unpaired) electrons. The number of nitrogens with one attached hydrogen (secondary N) is 2. The normalized spacial score (nSPS) is 16.6. The van der Waals surface area contributed by atoms with E-state index < -0.39 is 15.6 Å². The van der Waals surface area contributed by atoms with Gasteiger partial charge in [-0.3, -0.25) is 4.99 Å². The summed E-state index contributed by atoms with van der Waals surface area (Å²) in [4.78, 5) is 9.01. The lowest BCUT2D eigenvalue weighted by atomic mass is 10.1. The summed E-state index contributed by atoms with van der Waals surface area (Å²) in [6.07, 6.45) is 1.18. The number of aryl methyl sites for hydroxylation is 1. The summed E-state index contributed by atoms with van der Waals surface area (Å²) in [6, 6.07) is 6.44. The molecule has 0 saturated carbocycles. The van der Waals surface area contributed by atoms with Crippen molar-refractivity contribution in [2.75, 3.05) is 50.9 Å². The largest absolute Gasteiger partial charge is 0.368 e. The van der Waals surface area contributed by atoms with E-state index in [4.69, 9.17) is 0 Å². The Morgan fingerprint density at radius 1 is 1.19 bits per heavy atom. The maximum Gasteiger partial charge on any atom is 0.209 e. The molecule has 1 aliphatic heterocycles. The molecule has 27 heavy (non-hydrogen) atoms. The zero-order chi connectivity index (χ0) is 20.2. The molecule has 1 fully saturated rings. The van der Waals surface area contributed by atoms with Crippen LogP contribution < -0.4 is 14.9 Å². The SMILES string of the molecule is CN=C(NCC(C)(C)NS(C)(=O)=O)N1CCN(c2cccc(C)c2C)CC1. The number of aliphatic imine (C=N–C) groups is 1. The van der Waals surface area contributed by atoms with E-state index in [1.54, 1.807) is 7.05 Å². The summed E-state index contributed by atoms with van der Waals surface area (Å²) in [5, 5.41) is 3.31. The fourth-order valence-corrected chi connectivity index (χ4v) is 4.48. The van der Waals surface area contributed by atoms with Gasteiger partial charge >= 0.3 is 0 Å². The molecule has 0 aliphatic carbocycles. The second kappa shape index (κ2) is 8.48. The lowest BCUT2D eigenvalue weighted by Crippen LogP contribution is -2.56. The summed E-state index contributed by atoms with van der Waals surface area (Å²) >= 11 is 0. The summed E-state index contributed by atoms with van der Waals surface area (Å²) in [7, 11) is -1.50. The molecule has 0 spiro atoms. The summed E-state index contributed by atoms with van der Waals surface area (Å²) in [5.74, 6) is 0.805. The van der Waals surface area contributed by atoms with Crippen LogP contribution in [-0.4, -0.2) is 70.8 Å². The third-order valence-corrected chi connectivity index (χ3v) is 5.78. The van der Waals surface area contributed by atoms with E-state index >= 15 is 0 Å². The third kappa shape index (κ3) is 6.10. The van der Waals surface area contributed by atoms with Gasteiger partial charge in [0.25, 0.3) is 0 Å². The lowest BCUT2D eigenvalue weighted by molar-refractivity contribution is 0.362.